The van der Waals surface area contributed by atoms with E-state index in [1.807, 2.05) is 27.7 Å². The zero-order valence-electron chi connectivity index (χ0n) is 11.8. The molecule has 1 saturated carbocycles. The first kappa shape index (κ1) is 16.2. The van der Waals surface area contributed by atoms with Crippen LogP contribution in [0.1, 0.15) is 59.8 Å². The van der Waals surface area contributed by atoms with Crippen LogP contribution in [-0.2, 0) is 9.53 Å². The molecule has 1 aliphatic carbocycles. The Bertz CT molecular complexity index is 291. The highest BCUT2D eigenvalue weighted by Gasteiger charge is 2.38. The molecule has 3 nitrogen and oxygen atoms in total. The first-order valence-corrected chi connectivity index (χ1v) is 7.91. The highest BCUT2D eigenvalue weighted by Crippen LogP contribution is 2.36. The topological polar surface area (TPSA) is 46.5 Å². The van der Waals surface area contributed by atoms with Crippen molar-refractivity contribution in [3.05, 3.63) is 0 Å². The van der Waals surface area contributed by atoms with Crippen LogP contribution >= 0.6 is 22.6 Å². The maximum absolute atomic E-state index is 12.0. The summed E-state index contributed by atoms with van der Waals surface area (Å²) in [7, 11) is 0. The van der Waals surface area contributed by atoms with Crippen LogP contribution in [0.4, 0.5) is 0 Å². The molecule has 106 valence electrons. The van der Waals surface area contributed by atoms with E-state index in [-0.39, 0.29) is 18.0 Å². The Morgan fingerprint density at radius 2 is 2.00 bits per heavy atom. The van der Waals surface area contributed by atoms with Crippen LogP contribution in [-0.4, -0.2) is 26.2 Å². The van der Waals surface area contributed by atoms with Crippen LogP contribution in [0.5, 0.6) is 0 Å². The summed E-state index contributed by atoms with van der Waals surface area (Å²) in [5.74, 6) is 0.144. The van der Waals surface area contributed by atoms with Crippen molar-refractivity contribution in [3.63, 3.8) is 0 Å². The van der Waals surface area contributed by atoms with Gasteiger partial charge in [0, 0.05) is 0 Å². The third-order valence-corrected chi connectivity index (χ3v) is 5.44. The molecule has 0 radical (unpaired) electrons. The molecule has 0 aromatic carbocycles. The summed E-state index contributed by atoms with van der Waals surface area (Å²) in [6.07, 6.45) is 3.76. The molecule has 0 amide bonds. The molecule has 0 aliphatic heterocycles. The molecule has 0 aromatic heterocycles. The van der Waals surface area contributed by atoms with Gasteiger partial charge in [-0.25, -0.2) is 0 Å². The van der Waals surface area contributed by atoms with Gasteiger partial charge in [-0.15, -0.1) is 0 Å². The summed E-state index contributed by atoms with van der Waals surface area (Å²) in [5.41, 5.74) is -0.568. The number of carbonyl (C=O) groups excluding carboxylic acids is 1. The summed E-state index contributed by atoms with van der Waals surface area (Å²) < 4.78 is 5.14. The molecule has 0 bridgehead atoms. The quantitative estimate of drug-likeness (QED) is 0.470. The predicted molar refractivity (Wildman–Crippen MR) is 80.9 cm³/mol. The Morgan fingerprint density at radius 3 is 2.39 bits per heavy atom. The van der Waals surface area contributed by atoms with Gasteiger partial charge >= 0.3 is 5.97 Å². The Balaban J connectivity index is 2.48. The fourth-order valence-electron chi connectivity index (χ4n) is 2.20. The van der Waals surface area contributed by atoms with E-state index < -0.39 is 9.02 Å². The van der Waals surface area contributed by atoms with Crippen molar-refractivity contribution in [1.29, 1.82) is 0 Å². The van der Waals surface area contributed by atoms with Gasteiger partial charge in [0.2, 0.25) is 0 Å². The molecule has 0 saturated heterocycles. The van der Waals surface area contributed by atoms with Gasteiger partial charge in [-0.05, 0) is 44.9 Å². The van der Waals surface area contributed by atoms with E-state index in [1.54, 1.807) is 0 Å². The Kier molecular flexibility index (Phi) is 5.47. The Hall–Kier alpha value is 0.160. The lowest BCUT2D eigenvalue weighted by Crippen LogP contribution is -2.42. The van der Waals surface area contributed by atoms with Crippen molar-refractivity contribution in [2.45, 2.75) is 74.9 Å². The van der Waals surface area contributed by atoms with Gasteiger partial charge in [0.05, 0.1) is 5.60 Å². The molecule has 1 unspecified atom stereocenters. The summed E-state index contributed by atoms with van der Waals surface area (Å²) in [6, 6.07) is 0. The lowest BCUT2D eigenvalue weighted by atomic mass is 9.76. The van der Waals surface area contributed by atoms with Crippen LogP contribution in [0, 0.1) is 5.92 Å². The second-order valence-corrected chi connectivity index (χ2v) is 8.29. The number of carbonyl (C=O) groups is 1. The van der Waals surface area contributed by atoms with Crippen LogP contribution in [0.25, 0.3) is 0 Å². The second-order valence-electron chi connectivity index (χ2n) is 5.91. The predicted octanol–water partition coefficient (Wildman–Crippen LogP) is 3.46. The van der Waals surface area contributed by atoms with E-state index in [9.17, 15) is 9.90 Å². The Morgan fingerprint density at radius 1 is 1.50 bits per heavy atom. The molecule has 0 spiro atoms. The van der Waals surface area contributed by atoms with Crippen LogP contribution in [0.15, 0.2) is 0 Å². The third-order valence-electron chi connectivity index (χ3n) is 4.24. The lowest BCUT2D eigenvalue weighted by Gasteiger charge is -2.39. The van der Waals surface area contributed by atoms with Gasteiger partial charge < -0.3 is 9.84 Å². The van der Waals surface area contributed by atoms with Crippen molar-refractivity contribution < 1.29 is 14.6 Å². The standard InChI is InChI=1S/C14H25IO3/c1-5-13(4,15)12(16)18-11-6-8-14(17,9-7-11)10(2)3/h10-11,17H,5-9H2,1-4H3. The van der Waals surface area contributed by atoms with Gasteiger partial charge in [0.25, 0.3) is 0 Å². The molecular weight excluding hydrogens is 343 g/mol. The van der Waals surface area contributed by atoms with E-state index in [0.717, 1.165) is 32.1 Å². The van der Waals surface area contributed by atoms with Crippen molar-refractivity contribution in [2.75, 3.05) is 0 Å². The highest BCUT2D eigenvalue weighted by atomic mass is 127. The number of ether oxygens (including phenoxy) is 1. The first-order chi connectivity index (χ1) is 8.21. The first-order valence-electron chi connectivity index (χ1n) is 6.83. The smallest absolute Gasteiger partial charge is 0.322 e. The van der Waals surface area contributed by atoms with E-state index in [4.69, 9.17) is 4.74 Å². The maximum atomic E-state index is 12.0. The van der Waals surface area contributed by atoms with Crippen molar-refractivity contribution in [1.82, 2.24) is 0 Å². The molecule has 4 heteroatoms. The average molecular weight is 368 g/mol. The van der Waals surface area contributed by atoms with E-state index in [1.165, 1.54) is 0 Å². The van der Waals surface area contributed by atoms with Crippen molar-refractivity contribution >= 4 is 28.6 Å². The molecule has 1 fully saturated rings. The molecule has 1 atom stereocenters. The monoisotopic (exact) mass is 368 g/mol. The Labute approximate surface area is 124 Å². The number of halogens is 1. The van der Waals surface area contributed by atoms with Crippen molar-refractivity contribution in [3.8, 4) is 0 Å². The zero-order valence-corrected chi connectivity index (χ0v) is 14.0. The summed E-state index contributed by atoms with van der Waals surface area (Å²) in [5, 5.41) is 10.4. The lowest BCUT2D eigenvalue weighted by molar-refractivity contribution is -0.156. The fraction of sp³-hybridized carbons (Fsp3) is 0.929. The molecule has 1 rings (SSSR count). The van der Waals surface area contributed by atoms with Crippen LogP contribution in [0.2, 0.25) is 0 Å². The summed E-state index contributed by atoms with van der Waals surface area (Å²) in [4.78, 5) is 12.0. The van der Waals surface area contributed by atoms with Gasteiger partial charge in [0.1, 0.15) is 9.53 Å². The minimum absolute atomic E-state index is 0.0165. The van der Waals surface area contributed by atoms with Crippen molar-refractivity contribution in [2.24, 2.45) is 5.92 Å². The zero-order chi connectivity index (χ0) is 14.0. The van der Waals surface area contributed by atoms with Gasteiger partial charge in [-0.3, -0.25) is 4.79 Å². The van der Waals surface area contributed by atoms with E-state index in [0.29, 0.717) is 0 Å². The normalized spacial score (nSPS) is 32.1. The van der Waals surface area contributed by atoms with E-state index in [2.05, 4.69) is 22.6 Å². The third kappa shape index (κ3) is 3.83. The largest absolute Gasteiger partial charge is 0.461 e. The molecule has 0 aromatic rings. The summed E-state index contributed by atoms with van der Waals surface area (Å²) in [6.45, 7) is 7.99. The van der Waals surface area contributed by atoms with Crippen LogP contribution < -0.4 is 0 Å². The summed E-state index contributed by atoms with van der Waals surface area (Å²) >= 11 is 2.16. The average Bonchev–Trinajstić information content (AvgIpc) is 2.32. The molecular formula is C14H25IO3. The maximum Gasteiger partial charge on any atom is 0.322 e. The number of aliphatic hydroxyl groups is 1. The molecule has 0 heterocycles. The number of esters is 1. The molecule has 1 N–H and O–H groups in total. The number of alkyl halides is 1. The van der Waals surface area contributed by atoms with Gasteiger partial charge in [-0.2, -0.15) is 0 Å². The highest BCUT2D eigenvalue weighted by molar-refractivity contribution is 14.1. The second kappa shape index (κ2) is 6.07. The molecule has 18 heavy (non-hydrogen) atoms. The number of hydrogen-bond donors (Lipinski definition) is 1. The minimum Gasteiger partial charge on any atom is -0.461 e. The minimum atomic E-state index is -0.568. The van der Waals surface area contributed by atoms with Gasteiger partial charge in [0.15, 0.2) is 0 Å². The fourth-order valence-corrected chi connectivity index (χ4v) is 2.33. The number of hydrogen-bond acceptors (Lipinski definition) is 3. The SMILES string of the molecule is CCC(C)(I)C(=O)OC1CCC(O)(C(C)C)CC1. The van der Waals surface area contributed by atoms with E-state index >= 15 is 0 Å². The molecule has 1 aliphatic rings. The number of rotatable bonds is 4. The van der Waals surface area contributed by atoms with Crippen LogP contribution in [0.3, 0.4) is 0 Å². The van der Waals surface area contributed by atoms with Gasteiger partial charge in [-0.1, -0.05) is 43.4 Å².